The number of piperidine rings is 1. The molecule has 2 saturated heterocycles. The highest BCUT2D eigenvalue weighted by Crippen LogP contribution is 2.29. The third-order valence-corrected chi connectivity index (χ3v) is 6.18. The third kappa shape index (κ3) is 5.97. The number of rotatable bonds is 6. The lowest BCUT2D eigenvalue weighted by atomic mass is 9.88. The average Bonchev–Trinajstić information content (AvgIpc) is 3.16. The van der Waals surface area contributed by atoms with Crippen LogP contribution in [0.3, 0.4) is 0 Å². The first kappa shape index (κ1) is 21.2. The molecule has 3 rings (SSSR count). The van der Waals surface area contributed by atoms with Crippen molar-refractivity contribution in [1.82, 2.24) is 9.88 Å². The summed E-state index contributed by atoms with van der Waals surface area (Å²) in [4.78, 5) is 9.79. The summed E-state index contributed by atoms with van der Waals surface area (Å²) >= 11 is 0. The molecule has 3 heterocycles. The molecule has 0 amide bonds. The van der Waals surface area contributed by atoms with E-state index in [9.17, 15) is 0 Å². The number of aromatic nitrogens is 1. The van der Waals surface area contributed by atoms with Gasteiger partial charge in [0.2, 0.25) is 0 Å². The fraction of sp³-hybridized carbons (Fsp3) is 0.783. The second-order valence-electron chi connectivity index (χ2n) is 8.16. The van der Waals surface area contributed by atoms with Crippen molar-refractivity contribution in [2.45, 2.75) is 72.6 Å². The topological polar surface area (TPSA) is 19.4 Å². The Bertz CT molecular complexity index is 489. The Morgan fingerprint density at radius 2 is 1.65 bits per heavy atom. The Balaban J connectivity index is 0.00000117. The molecule has 0 bridgehead atoms. The molecule has 1 aromatic heterocycles. The van der Waals surface area contributed by atoms with Crippen LogP contribution in [0.15, 0.2) is 18.3 Å². The SMILES string of the molecule is CC.CCN1CCC(CCC2CCN(c3ccc(C(C)C)cn3)CC2)C1. The molecule has 2 fully saturated rings. The van der Waals surface area contributed by atoms with E-state index in [0.29, 0.717) is 5.92 Å². The average molecular weight is 360 g/mol. The van der Waals surface area contributed by atoms with Crippen molar-refractivity contribution in [2.24, 2.45) is 11.8 Å². The summed E-state index contributed by atoms with van der Waals surface area (Å²) in [6.45, 7) is 17.0. The zero-order valence-electron chi connectivity index (χ0n) is 17.9. The molecule has 0 saturated carbocycles. The van der Waals surface area contributed by atoms with Crippen molar-refractivity contribution < 1.29 is 0 Å². The molecule has 2 aliphatic rings. The molecule has 1 unspecified atom stereocenters. The molecule has 0 spiro atoms. The number of hydrogen-bond donors (Lipinski definition) is 0. The first-order valence-corrected chi connectivity index (χ1v) is 11.1. The molecule has 0 radical (unpaired) electrons. The van der Waals surface area contributed by atoms with Gasteiger partial charge >= 0.3 is 0 Å². The molecular formula is C23H41N3. The van der Waals surface area contributed by atoms with Gasteiger partial charge in [0.15, 0.2) is 0 Å². The van der Waals surface area contributed by atoms with Gasteiger partial charge in [0, 0.05) is 25.8 Å². The normalized spacial score (nSPS) is 21.8. The lowest BCUT2D eigenvalue weighted by Crippen LogP contribution is -2.34. The molecular weight excluding hydrogens is 318 g/mol. The van der Waals surface area contributed by atoms with E-state index in [0.717, 1.165) is 11.8 Å². The van der Waals surface area contributed by atoms with Crippen LogP contribution in [0.5, 0.6) is 0 Å². The predicted molar refractivity (Wildman–Crippen MR) is 114 cm³/mol. The molecule has 0 aromatic carbocycles. The van der Waals surface area contributed by atoms with Crippen LogP contribution < -0.4 is 4.90 Å². The maximum atomic E-state index is 4.70. The summed E-state index contributed by atoms with van der Waals surface area (Å²) in [5.41, 5.74) is 1.34. The minimum Gasteiger partial charge on any atom is -0.357 e. The van der Waals surface area contributed by atoms with Gasteiger partial charge in [-0.3, -0.25) is 0 Å². The van der Waals surface area contributed by atoms with Crippen molar-refractivity contribution in [3.05, 3.63) is 23.9 Å². The number of pyridine rings is 1. The first-order valence-electron chi connectivity index (χ1n) is 11.1. The smallest absolute Gasteiger partial charge is 0.128 e. The van der Waals surface area contributed by atoms with Crippen LogP contribution in [-0.2, 0) is 0 Å². The van der Waals surface area contributed by atoms with Crippen LogP contribution in [0.2, 0.25) is 0 Å². The van der Waals surface area contributed by atoms with Gasteiger partial charge in [0.1, 0.15) is 5.82 Å². The Morgan fingerprint density at radius 3 is 2.19 bits per heavy atom. The largest absolute Gasteiger partial charge is 0.357 e. The van der Waals surface area contributed by atoms with Crippen LogP contribution in [0.25, 0.3) is 0 Å². The molecule has 148 valence electrons. The maximum Gasteiger partial charge on any atom is 0.128 e. The molecule has 1 aromatic rings. The molecule has 1 atom stereocenters. The number of nitrogens with zero attached hydrogens (tertiary/aromatic N) is 3. The summed E-state index contributed by atoms with van der Waals surface area (Å²) < 4.78 is 0. The van der Waals surface area contributed by atoms with Gasteiger partial charge in [-0.25, -0.2) is 4.98 Å². The van der Waals surface area contributed by atoms with Crippen molar-refractivity contribution in [3.63, 3.8) is 0 Å². The number of anilines is 1. The molecule has 0 N–H and O–H groups in total. The highest BCUT2D eigenvalue weighted by Gasteiger charge is 2.24. The van der Waals surface area contributed by atoms with E-state index >= 15 is 0 Å². The minimum absolute atomic E-state index is 0.566. The predicted octanol–water partition coefficient (Wildman–Crippen LogP) is 5.57. The molecule has 2 aliphatic heterocycles. The van der Waals surface area contributed by atoms with E-state index in [4.69, 9.17) is 4.98 Å². The zero-order valence-corrected chi connectivity index (χ0v) is 17.9. The molecule has 0 aliphatic carbocycles. The Kier molecular flexibility index (Phi) is 8.90. The monoisotopic (exact) mass is 359 g/mol. The van der Waals surface area contributed by atoms with Gasteiger partial charge in [-0.2, -0.15) is 0 Å². The van der Waals surface area contributed by atoms with Crippen molar-refractivity contribution in [3.8, 4) is 0 Å². The summed E-state index contributed by atoms with van der Waals surface area (Å²) in [6, 6.07) is 4.46. The van der Waals surface area contributed by atoms with Crippen LogP contribution in [0, 0.1) is 11.8 Å². The molecule has 3 heteroatoms. The lowest BCUT2D eigenvalue weighted by molar-refractivity contribution is 0.312. The summed E-state index contributed by atoms with van der Waals surface area (Å²) in [7, 11) is 0. The standard InChI is InChI=1S/C21H35N3.C2H6/c1-4-23-12-9-19(16-23)6-5-18-10-13-24(14-11-18)21-8-7-20(15-22-21)17(2)3;1-2/h7-8,15,17-19H,4-6,9-14,16H2,1-3H3;1-2H3. The molecule has 3 nitrogen and oxygen atoms in total. The van der Waals surface area contributed by atoms with E-state index in [1.807, 2.05) is 13.8 Å². The van der Waals surface area contributed by atoms with Crippen molar-refractivity contribution >= 4 is 5.82 Å². The van der Waals surface area contributed by atoms with E-state index in [2.05, 4.69) is 48.9 Å². The highest BCUT2D eigenvalue weighted by molar-refractivity contribution is 5.40. The zero-order chi connectivity index (χ0) is 18.9. The Labute approximate surface area is 162 Å². The minimum atomic E-state index is 0.566. The Hall–Kier alpha value is -1.09. The quantitative estimate of drug-likeness (QED) is 0.662. The van der Waals surface area contributed by atoms with E-state index in [1.54, 1.807) is 0 Å². The number of hydrogen-bond acceptors (Lipinski definition) is 3. The van der Waals surface area contributed by atoms with Gasteiger partial charge in [-0.15, -0.1) is 0 Å². The summed E-state index contributed by atoms with van der Waals surface area (Å²) in [6.07, 6.45) is 9.07. The number of likely N-dealkylation sites (tertiary alicyclic amines) is 1. The Morgan fingerprint density at radius 1 is 1.00 bits per heavy atom. The fourth-order valence-electron chi connectivity index (χ4n) is 4.28. The van der Waals surface area contributed by atoms with E-state index < -0.39 is 0 Å². The van der Waals surface area contributed by atoms with Crippen LogP contribution in [0.4, 0.5) is 5.82 Å². The van der Waals surface area contributed by atoms with E-state index in [-0.39, 0.29) is 0 Å². The van der Waals surface area contributed by atoms with Crippen molar-refractivity contribution in [1.29, 1.82) is 0 Å². The third-order valence-electron chi connectivity index (χ3n) is 6.18. The van der Waals surface area contributed by atoms with Crippen molar-refractivity contribution in [2.75, 3.05) is 37.6 Å². The first-order chi connectivity index (χ1) is 12.7. The lowest BCUT2D eigenvalue weighted by Gasteiger charge is -2.33. The van der Waals surface area contributed by atoms with Crippen LogP contribution in [0.1, 0.15) is 78.2 Å². The van der Waals surface area contributed by atoms with Gasteiger partial charge < -0.3 is 9.80 Å². The second-order valence-corrected chi connectivity index (χ2v) is 8.16. The fourth-order valence-corrected chi connectivity index (χ4v) is 4.28. The highest BCUT2D eigenvalue weighted by atomic mass is 15.2. The summed E-state index contributed by atoms with van der Waals surface area (Å²) in [5.74, 6) is 3.64. The van der Waals surface area contributed by atoms with Crippen LogP contribution in [-0.4, -0.2) is 42.6 Å². The van der Waals surface area contributed by atoms with E-state index in [1.165, 1.54) is 76.2 Å². The van der Waals surface area contributed by atoms with Gasteiger partial charge in [0.25, 0.3) is 0 Å². The van der Waals surface area contributed by atoms with Gasteiger partial charge in [0.05, 0.1) is 0 Å². The van der Waals surface area contributed by atoms with Gasteiger partial charge in [-0.1, -0.05) is 47.1 Å². The van der Waals surface area contributed by atoms with Gasteiger partial charge in [-0.05, 0) is 68.2 Å². The second kappa shape index (κ2) is 10.9. The summed E-state index contributed by atoms with van der Waals surface area (Å²) in [5, 5.41) is 0. The molecule has 26 heavy (non-hydrogen) atoms. The van der Waals surface area contributed by atoms with Crippen LogP contribution >= 0.6 is 0 Å². The maximum absolute atomic E-state index is 4.70.